The maximum Gasteiger partial charge on any atom is 0.213 e. The third kappa shape index (κ3) is 2.31. The Kier molecular flexibility index (Phi) is 3.58. The van der Waals surface area contributed by atoms with E-state index in [9.17, 15) is 8.42 Å². The van der Waals surface area contributed by atoms with E-state index < -0.39 is 10.0 Å². The normalized spacial score (nSPS) is 28.0. The fourth-order valence-corrected chi connectivity index (χ4v) is 5.41. The largest absolute Gasteiger partial charge is 0.356 e. The molecule has 0 aromatic carbocycles. The molecule has 8 heteroatoms. The first-order chi connectivity index (χ1) is 11.4. The lowest BCUT2D eigenvalue weighted by Gasteiger charge is -2.29. The third-order valence-corrected chi connectivity index (χ3v) is 7.63. The maximum atomic E-state index is 12.0. The predicted molar refractivity (Wildman–Crippen MR) is 93.3 cm³/mol. The number of aromatic amines is 1. The number of fused-ring (bicyclic) bond motifs is 2. The monoisotopic (exact) mass is 349 g/mol. The standard InChI is InChI=1S/C16H23N5O2S/c1-4-24(22,23)21-7-12-13(8-21)14(12)10(2)20(3)16-11-5-6-17-15(11)18-9-19-16/h5-6,9-10,12-14H,4,7-8H2,1-3H3,(H,17,18,19)/t10-,12-,13+,14+/m1/s1. The minimum absolute atomic E-state index is 0.193. The number of rotatable bonds is 5. The summed E-state index contributed by atoms with van der Waals surface area (Å²) < 4.78 is 25.7. The van der Waals surface area contributed by atoms with Crippen LogP contribution in [0, 0.1) is 17.8 Å². The highest BCUT2D eigenvalue weighted by Gasteiger charge is 2.60. The van der Waals surface area contributed by atoms with Gasteiger partial charge in [-0.05, 0) is 37.7 Å². The molecular weight excluding hydrogens is 326 g/mol. The molecule has 4 rings (SSSR count). The van der Waals surface area contributed by atoms with Crippen LogP contribution in [0.15, 0.2) is 18.6 Å². The van der Waals surface area contributed by atoms with E-state index in [1.54, 1.807) is 17.6 Å². The van der Waals surface area contributed by atoms with Gasteiger partial charge in [-0.1, -0.05) is 0 Å². The molecule has 130 valence electrons. The van der Waals surface area contributed by atoms with Gasteiger partial charge < -0.3 is 9.88 Å². The van der Waals surface area contributed by atoms with Crippen molar-refractivity contribution in [3.05, 3.63) is 18.6 Å². The molecule has 1 aliphatic carbocycles. The molecule has 1 saturated carbocycles. The molecule has 3 heterocycles. The van der Waals surface area contributed by atoms with Crippen LogP contribution in [0.25, 0.3) is 11.0 Å². The summed E-state index contributed by atoms with van der Waals surface area (Å²) in [6.45, 7) is 5.27. The minimum Gasteiger partial charge on any atom is -0.356 e. The molecule has 2 aromatic rings. The molecule has 0 unspecified atom stereocenters. The van der Waals surface area contributed by atoms with Gasteiger partial charge in [0.2, 0.25) is 10.0 Å². The van der Waals surface area contributed by atoms with E-state index in [0.717, 1.165) is 16.9 Å². The quantitative estimate of drug-likeness (QED) is 0.880. The molecule has 0 spiro atoms. The average Bonchev–Trinajstić information content (AvgIpc) is 2.98. The van der Waals surface area contributed by atoms with E-state index >= 15 is 0 Å². The fourth-order valence-electron chi connectivity index (χ4n) is 4.25. The summed E-state index contributed by atoms with van der Waals surface area (Å²) in [5, 5.41) is 1.02. The van der Waals surface area contributed by atoms with Crippen LogP contribution in [-0.2, 0) is 10.0 Å². The molecule has 0 amide bonds. The van der Waals surface area contributed by atoms with Crippen LogP contribution in [0.5, 0.6) is 0 Å². The summed E-state index contributed by atoms with van der Waals surface area (Å²) in [5.74, 6) is 2.61. The summed E-state index contributed by atoms with van der Waals surface area (Å²) in [4.78, 5) is 14.0. The van der Waals surface area contributed by atoms with E-state index in [-0.39, 0.29) is 5.75 Å². The highest BCUT2D eigenvalue weighted by atomic mass is 32.2. The van der Waals surface area contributed by atoms with Crippen molar-refractivity contribution in [1.82, 2.24) is 19.3 Å². The van der Waals surface area contributed by atoms with Gasteiger partial charge in [-0.25, -0.2) is 22.7 Å². The Morgan fingerprint density at radius 1 is 1.38 bits per heavy atom. The zero-order chi connectivity index (χ0) is 17.1. The van der Waals surface area contributed by atoms with Gasteiger partial charge in [0.1, 0.15) is 17.8 Å². The molecule has 2 aliphatic rings. The summed E-state index contributed by atoms with van der Waals surface area (Å²) in [5.41, 5.74) is 0.843. The molecular formula is C16H23N5O2S. The third-order valence-electron chi connectivity index (χ3n) is 5.82. The lowest BCUT2D eigenvalue weighted by Crippen LogP contribution is -2.38. The van der Waals surface area contributed by atoms with E-state index in [0.29, 0.717) is 36.9 Å². The van der Waals surface area contributed by atoms with E-state index in [1.165, 1.54) is 0 Å². The second-order valence-corrected chi connectivity index (χ2v) is 9.17. The Bertz CT molecular complexity index is 852. The SMILES string of the molecule is CCS(=O)(=O)N1C[C@@H]2[C@H](C1)[C@H]2[C@@H](C)N(C)c1ncnc2[nH]ccc12. The molecule has 0 bridgehead atoms. The van der Waals surface area contributed by atoms with Gasteiger partial charge in [0.25, 0.3) is 0 Å². The molecule has 1 N–H and O–H groups in total. The Morgan fingerprint density at radius 3 is 2.75 bits per heavy atom. The minimum atomic E-state index is -3.05. The van der Waals surface area contributed by atoms with Crippen molar-refractivity contribution in [1.29, 1.82) is 0 Å². The van der Waals surface area contributed by atoms with Gasteiger partial charge in [-0.3, -0.25) is 0 Å². The molecule has 1 saturated heterocycles. The fraction of sp³-hybridized carbons (Fsp3) is 0.625. The molecule has 2 aromatic heterocycles. The number of sulfonamides is 1. The van der Waals surface area contributed by atoms with Crippen molar-refractivity contribution >= 4 is 26.9 Å². The van der Waals surface area contributed by atoms with E-state index in [2.05, 4.69) is 33.8 Å². The van der Waals surface area contributed by atoms with Gasteiger partial charge in [0.15, 0.2) is 0 Å². The second kappa shape index (κ2) is 5.42. The Balaban J connectivity index is 1.49. The van der Waals surface area contributed by atoms with Crippen molar-refractivity contribution < 1.29 is 8.42 Å². The number of nitrogens with one attached hydrogen (secondary N) is 1. The number of aromatic nitrogens is 3. The van der Waals surface area contributed by atoms with Crippen molar-refractivity contribution in [2.45, 2.75) is 19.9 Å². The van der Waals surface area contributed by atoms with E-state index in [4.69, 9.17) is 0 Å². The number of H-pyrrole nitrogens is 1. The molecule has 4 atom stereocenters. The van der Waals surface area contributed by atoms with Crippen LogP contribution in [0.2, 0.25) is 0 Å². The predicted octanol–water partition coefficient (Wildman–Crippen LogP) is 1.31. The van der Waals surface area contributed by atoms with Gasteiger partial charge in [-0.15, -0.1) is 0 Å². The first-order valence-corrected chi connectivity index (χ1v) is 10.0. The van der Waals surface area contributed by atoms with Gasteiger partial charge in [0.05, 0.1) is 11.1 Å². The summed E-state index contributed by atoms with van der Waals surface area (Å²) in [6, 6.07) is 2.32. The van der Waals surface area contributed by atoms with Crippen molar-refractivity contribution in [2.24, 2.45) is 17.8 Å². The highest BCUT2D eigenvalue weighted by Crippen LogP contribution is 2.55. The van der Waals surface area contributed by atoms with Crippen LogP contribution in [0.4, 0.5) is 5.82 Å². The van der Waals surface area contributed by atoms with E-state index in [1.807, 2.05) is 12.3 Å². The van der Waals surface area contributed by atoms with Crippen molar-refractivity contribution in [2.75, 3.05) is 30.8 Å². The van der Waals surface area contributed by atoms with Crippen LogP contribution in [0.3, 0.4) is 0 Å². The lowest BCUT2D eigenvalue weighted by atomic mass is 10.1. The first-order valence-electron chi connectivity index (χ1n) is 8.42. The number of nitrogens with zero attached hydrogens (tertiary/aromatic N) is 4. The smallest absolute Gasteiger partial charge is 0.213 e. The molecule has 0 radical (unpaired) electrons. The van der Waals surface area contributed by atoms with Gasteiger partial charge in [0, 0.05) is 32.4 Å². The van der Waals surface area contributed by atoms with Crippen molar-refractivity contribution in [3.8, 4) is 0 Å². The molecule has 1 aliphatic heterocycles. The van der Waals surface area contributed by atoms with Gasteiger partial charge in [-0.2, -0.15) is 0 Å². The number of hydrogen-bond acceptors (Lipinski definition) is 5. The molecule has 7 nitrogen and oxygen atoms in total. The number of anilines is 1. The zero-order valence-corrected chi connectivity index (χ0v) is 15.0. The number of hydrogen-bond donors (Lipinski definition) is 1. The first kappa shape index (κ1) is 15.8. The summed E-state index contributed by atoms with van der Waals surface area (Å²) >= 11 is 0. The van der Waals surface area contributed by atoms with Crippen LogP contribution in [-0.4, -0.2) is 59.6 Å². The summed E-state index contributed by atoms with van der Waals surface area (Å²) in [6.07, 6.45) is 3.46. The summed E-state index contributed by atoms with van der Waals surface area (Å²) in [7, 11) is -0.985. The Morgan fingerprint density at radius 2 is 2.08 bits per heavy atom. The maximum absolute atomic E-state index is 12.0. The van der Waals surface area contributed by atoms with Crippen LogP contribution >= 0.6 is 0 Å². The second-order valence-electron chi connectivity index (χ2n) is 6.91. The Labute approximate surface area is 142 Å². The molecule has 24 heavy (non-hydrogen) atoms. The van der Waals surface area contributed by atoms with Crippen molar-refractivity contribution in [3.63, 3.8) is 0 Å². The van der Waals surface area contributed by atoms with Crippen LogP contribution in [0.1, 0.15) is 13.8 Å². The average molecular weight is 349 g/mol. The topological polar surface area (TPSA) is 82.2 Å². The highest BCUT2D eigenvalue weighted by molar-refractivity contribution is 7.89. The van der Waals surface area contributed by atoms with Crippen LogP contribution < -0.4 is 4.90 Å². The lowest BCUT2D eigenvalue weighted by molar-refractivity contribution is 0.390. The Hall–Kier alpha value is -1.67. The molecule has 2 fully saturated rings. The zero-order valence-electron chi connectivity index (χ0n) is 14.2. The number of piperidine rings is 1. The van der Waals surface area contributed by atoms with Gasteiger partial charge >= 0.3 is 0 Å².